The summed E-state index contributed by atoms with van der Waals surface area (Å²) in [6.07, 6.45) is 2.76. The van der Waals surface area contributed by atoms with E-state index in [2.05, 4.69) is 33.0 Å². The monoisotopic (exact) mass is 331 g/mol. The minimum absolute atomic E-state index is 0.117. The second-order valence-corrected chi connectivity index (χ2v) is 6.48. The van der Waals surface area contributed by atoms with Crippen molar-refractivity contribution in [3.05, 3.63) is 58.9 Å². The SMILES string of the molecule is CN1c2cccnc2CN(Cc2ccc(Cl)cc2)CCC1CO. The third-order valence-electron chi connectivity index (χ3n) is 4.48. The number of likely N-dealkylation sites (N-methyl/N-ethyl adjacent to an activating group) is 1. The number of rotatable bonds is 3. The predicted molar refractivity (Wildman–Crippen MR) is 93.7 cm³/mol. The summed E-state index contributed by atoms with van der Waals surface area (Å²) in [4.78, 5) is 9.09. The van der Waals surface area contributed by atoms with Gasteiger partial charge in [0.1, 0.15) is 0 Å². The Kier molecular flexibility index (Phi) is 5.16. The molecule has 0 radical (unpaired) electrons. The van der Waals surface area contributed by atoms with Gasteiger partial charge in [0, 0.05) is 37.9 Å². The first kappa shape index (κ1) is 16.2. The van der Waals surface area contributed by atoms with Gasteiger partial charge >= 0.3 is 0 Å². The molecular formula is C18H22ClN3O. The molecule has 1 aromatic carbocycles. The number of pyridine rings is 1. The van der Waals surface area contributed by atoms with E-state index in [1.807, 2.05) is 31.4 Å². The maximum absolute atomic E-state index is 9.72. The maximum atomic E-state index is 9.72. The Morgan fingerprint density at radius 2 is 2.04 bits per heavy atom. The van der Waals surface area contributed by atoms with Crippen molar-refractivity contribution in [2.24, 2.45) is 0 Å². The van der Waals surface area contributed by atoms with Gasteiger partial charge in [-0.05, 0) is 36.2 Å². The minimum atomic E-state index is 0.117. The number of aliphatic hydroxyl groups is 1. The summed E-state index contributed by atoms with van der Waals surface area (Å²) in [5.74, 6) is 0. The van der Waals surface area contributed by atoms with E-state index in [-0.39, 0.29) is 12.6 Å². The smallest absolute Gasteiger partial charge is 0.0776 e. The van der Waals surface area contributed by atoms with Crippen molar-refractivity contribution in [2.45, 2.75) is 25.6 Å². The molecule has 1 atom stereocenters. The number of hydrogen-bond acceptors (Lipinski definition) is 4. The van der Waals surface area contributed by atoms with Crippen molar-refractivity contribution in [3.63, 3.8) is 0 Å². The number of nitrogens with zero attached hydrogens (tertiary/aromatic N) is 3. The van der Waals surface area contributed by atoms with Crippen molar-refractivity contribution < 1.29 is 5.11 Å². The van der Waals surface area contributed by atoms with Crippen LogP contribution >= 0.6 is 11.6 Å². The van der Waals surface area contributed by atoms with Gasteiger partial charge in [0.05, 0.1) is 24.0 Å². The van der Waals surface area contributed by atoms with E-state index in [1.54, 1.807) is 0 Å². The van der Waals surface area contributed by atoms with E-state index >= 15 is 0 Å². The lowest BCUT2D eigenvalue weighted by Crippen LogP contribution is -2.41. The van der Waals surface area contributed by atoms with Crippen LogP contribution in [0.3, 0.4) is 0 Å². The Labute approximate surface area is 142 Å². The summed E-state index contributed by atoms with van der Waals surface area (Å²) in [6.45, 7) is 2.74. The van der Waals surface area contributed by atoms with Gasteiger partial charge in [0.25, 0.3) is 0 Å². The molecule has 23 heavy (non-hydrogen) atoms. The number of hydrogen-bond donors (Lipinski definition) is 1. The second kappa shape index (κ2) is 7.30. The fraction of sp³-hybridized carbons (Fsp3) is 0.389. The number of halogens is 1. The Morgan fingerprint density at radius 1 is 1.26 bits per heavy atom. The van der Waals surface area contributed by atoms with E-state index in [0.717, 1.165) is 42.5 Å². The maximum Gasteiger partial charge on any atom is 0.0776 e. The van der Waals surface area contributed by atoms with Gasteiger partial charge in [0.2, 0.25) is 0 Å². The standard InChI is InChI=1S/C18H22ClN3O/c1-21-16(13-23)8-10-22(11-14-4-6-15(19)7-5-14)12-17-18(21)3-2-9-20-17/h2-7,9,16,23H,8,10-13H2,1H3. The Bertz CT molecular complexity index is 647. The molecule has 1 aliphatic rings. The van der Waals surface area contributed by atoms with Gasteiger partial charge in [-0.3, -0.25) is 9.88 Å². The highest BCUT2D eigenvalue weighted by atomic mass is 35.5. The third kappa shape index (κ3) is 3.83. The van der Waals surface area contributed by atoms with Crippen LogP contribution in [0.5, 0.6) is 0 Å². The lowest BCUT2D eigenvalue weighted by molar-refractivity contribution is 0.204. The van der Waals surface area contributed by atoms with Crippen LogP contribution in [0.1, 0.15) is 17.7 Å². The summed E-state index contributed by atoms with van der Waals surface area (Å²) < 4.78 is 0. The summed E-state index contributed by atoms with van der Waals surface area (Å²) in [7, 11) is 2.04. The van der Waals surface area contributed by atoms with Crippen LogP contribution in [0.4, 0.5) is 5.69 Å². The highest BCUT2D eigenvalue weighted by Gasteiger charge is 2.23. The molecular weight excluding hydrogens is 310 g/mol. The van der Waals surface area contributed by atoms with Crippen LogP contribution in [0, 0.1) is 0 Å². The van der Waals surface area contributed by atoms with Gasteiger partial charge in [-0.15, -0.1) is 0 Å². The summed E-state index contributed by atoms with van der Waals surface area (Å²) in [6, 6.07) is 12.1. The van der Waals surface area contributed by atoms with Crippen molar-refractivity contribution in [3.8, 4) is 0 Å². The van der Waals surface area contributed by atoms with E-state index in [9.17, 15) is 5.11 Å². The molecule has 0 saturated carbocycles. The van der Waals surface area contributed by atoms with Gasteiger partial charge in [-0.2, -0.15) is 0 Å². The molecule has 0 aliphatic carbocycles. The van der Waals surface area contributed by atoms with E-state index in [0.29, 0.717) is 0 Å². The predicted octanol–water partition coefficient (Wildman–Crippen LogP) is 2.94. The van der Waals surface area contributed by atoms with Crippen LogP contribution in [-0.4, -0.2) is 41.2 Å². The molecule has 0 amide bonds. The lowest BCUT2D eigenvalue weighted by atomic mass is 10.1. The topological polar surface area (TPSA) is 39.6 Å². The molecule has 2 aromatic rings. The first-order chi connectivity index (χ1) is 11.2. The molecule has 0 bridgehead atoms. The van der Waals surface area contributed by atoms with Gasteiger partial charge in [0.15, 0.2) is 0 Å². The van der Waals surface area contributed by atoms with Crippen molar-refractivity contribution in [2.75, 3.05) is 25.1 Å². The first-order valence-corrected chi connectivity index (χ1v) is 8.29. The average Bonchev–Trinajstić information content (AvgIpc) is 2.56. The van der Waals surface area contributed by atoms with Crippen LogP contribution in [-0.2, 0) is 13.1 Å². The summed E-state index contributed by atoms with van der Waals surface area (Å²) in [5.41, 5.74) is 3.40. The molecule has 1 aliphatic heterocycles. The molecule has 2 heterocycles. The van der Waals surface area contributed by atoms with Crippen LogP contribution in [0.25, 0.3) is 0 Å². The second-order valence-electron chi connectivity index (χ2n) is 6.04. The fourth-order valence-electron chi connectivity index (χ4n) is 3.08. The molecule has 1 unspecified atom stereocenters. The summed E-state index contributed by atoms with van der Waals surface area (Å²) >= 11 is 5.97. The Balaban J connectivity index is 1.83. The fourth-order valence-corrected chi connectivity index (χ4v) is 3.21. The quantitative estimate of drug-likeness (QED) is 0.938. The van der Waals surface area contributed by atoms with Crippen molar-refractivity contribution >= 4 is 17.3 Å². The molecule has 0 spiro atoms. The normalized spacial score (nSPS) is 19.1. The highest BCUT2D eigenvalue weighted by Crippen LogP contribution is 2.25. The largest absolute Gasteiger partial charge is 0.394 e. The lowest BCUT2D eigenvalue weighted by Gasteiger charge is -2.35. The summed E-state index contributed by atoms with van der Waals surface area (Å²) in [5, 5.41) is 10.5. The zero-order valence-electron chi connectivity index (χ0n) is 13.3. The van der Waals surface area contributed by atoms with E-state index in [4.69, 9.17) is 11.6 Å². The third-order valence-corrected chi connectivity index (χ3v) is 4.73. The van der Waals surface area contributed by atoms with Gasteiger partial charge in [-0.25, -0.2) is 0 Å². The van der Waals surface area contributed by atoms with E-state index in [1.165, 1.54) is 5.56 Å². The number of benzene rings is 1. The number of anilines is 1. The number of aliphatic hydroxyl groups excluding tert-OH is 1. The highest BCUT2D eigenvalue weighted by molar-refractivity contribution is 6.30. The molecule has 4 nitrogen and oxygen atoms in total. The van der Waals surface area contributed by atoms with Crippen molar-refractivity contribution in [1.82, 2.24) is 9.88 Å². The molecule has 0 saturated heterocycles. The molecule has 5 heteroatoms. The molecule has 0 fully saturated rings. The Hall–Kier alpha value is -1.62. The van der Waals surface area contributed by atoms with Crippen LogP contribution in [0.2, 0.25) is 5.02 Å². The minimum Gasteiger partial charge on any atom is -0.394 e. The van der Waals surface area contributed by atoms with Crippen LogP contribution < -0.4 is 4.90 Å². The molecule has 1 aromatic heterocycles. The zero-order chi connectivity index (χ0) is 16.2. The Morgan fingerprint density at radius 3 is 2.78 bits per heavy atom. The average molecular weight is 332 g/mol. The van der Waals surface area contributed by atoms with Gasteiger partial charge < -0.3 is 10.0 Å². The van der Waals surface area contributed by atoms with Crippen molar-refractivity contribution in [1.29, 1.82) is 0 Å². The number of fused-ring (bicyclic) bond motifs is 1. The van der Waals surface area contributed by atoms with Crippen LogP contribution in [0.15, 0.2) is 42.6 Å². The van der Waals surface area contributed by atoms with E-state index < -0.39 is 0 Å². The first-order valence-electron chi connectivity index (χ1n) is 7.92. The zero-order valence-corrected chi connectivity index (χ0v) is 14.1. The van der Waals surface area contributed by atoms with Gasteiger partial charge in [-0.1, -0.05) is 23.7 Å². The molecule has 3 rings (SSSR count). The number of aromatic nitrogens is 1. The molecule has 1 N–H and O–H groups in total. The molecule has 122 valence electrons.